The SMILES string of the molecule is CCCc1nc2cc3c(cc2[nH]1)OCO3. The molecule has 0 atom stereocenters. The number of hydrogen-bond acceptors (Lipinski definition) is 3. The Bertz CT molecular complexity index is 464. The monoisotopic (exact) mass is 204 g/mol. The number of fused-ring (bicyclic) bond motifs is 2. The number of aromatic amines is 1. The van der Waals surface area contributed by atoms with Crippen molar-refractivity contribution >= 4 is 11.0 Å². The van der Waals surface area contributed by atoms with Gasteiger partial charge in [-0.25, -0.2) is 4.98 Å². The Kier molecular flexibility index (Phi) is 1.80. The number of ether oxygens (including phenoxy) is 2. The molecule has 2 aromatic rings. The number of H-pyrrole nitrogens is 1. The van der Waals surface area contributed by atoms with Gasteiger partial charge in [0.1, 0.15) is 5.82 Å². The second kappa shape index (κ2) is 3.15. The van der Waals surface area contributed by atoms with Gasteiger partial charge in [-0.3, -0.25) is 0 Å². The van der Waals surface area contributed by atoms with E-state index in [1.54, 1.807) is 0 Å². The summed E-state index contributed by atoms with van der Waals surface area (Å²) in [7, 11) is 0. The molecule has 0 saturated carbocycles. The quantitative estimate of drug-likeness (QED) is 0.816. The summed E-state index contributed by atoms with van der Waals surface area (Å²) in [4.78, 5) is 7.77. The third kappa shape index (κ3) is 1.33. The molecular formula is C11H12N2O2. The van der Waals surface area contributed by atoms with Gasteiger partial charge in [0.05, 0.1) is 11.0 Å². The van der Waals surface area contributed by atoms with Crippen LogP contribution in [0.25, 0.3) is 11.0 Å². The molecule has 0 unspecified atom stereocenters. The molecule has 0 bridgehead atoms. The van der Waals surface area contributed by atoms with Crippen LogP contribution in [0, 0.1) is 0 Å². The van der Waals surface area contributed by atoms with Crippen LogP contribution in [0.3, 0.4) is 0 Å². The molecule has 1 aliphatic rings. The number of benzene rings is 1. The fourth-order valence-corrected chi connectivity index (χ4v) is 1.81. The lowest BCUT2D eigenvalue weighted by Gasteiger charge is -1.93. The van der Waals surface area contributed by atoms with Gasteiger partial charge in [0.15, 0.2) is 11.5 Å². The second-order valence-electron chi connectivity index (χ2n) is 3.66. The molecule has 0 spiro atoms. The summed E-state index contributed by atoms with van der Waals surface area (Å²) in [5.41, 5.74) is 1.96. The van der Waals surface area contributed by atoms with E-state index in [4.69, 9.17) is 9.47 Å². The maximum Gasteiger partial charge on any atom is 0.231 e. The van der Waals surface area contributed by atoms with Crippen molar-refractivity contribution in [1.29, 1.82) is 0 Å². The maximum absolute atomic E-state index is 5.31. The smallest absolute Gasteiger partial charge is 0.231 e. The minimum absolute atomic E-state index is 0.309. The van der Waals surface area contributed by atoms with Crippen LogP contribution >= 0.6 is 0 Å². The summed E-state index contributed by atoms with van der Waals surface area (Å²) in [6, 6.07) is 3.87. The second-order valence-corrected chi connectivity index (χ2v) is 3.66. The van der Waals surface area contributed by atoms with E-state index in [0.29, 0.717) is 6.79 Å². The number of nitrogens with zero attached hydrogens (tertiary/aromatic N) is 1. The molecule has 1 aliphatic heterocycles. The van der Waals surface area contributed by atoms with Gasteiger partial charge in [-0.05, 0) is 6.42 Å². The van der Waals surface area contributed by atoms with Crippen molar-refractivity contribution in [3.8, 4) is 11.5 Å². The Morgan fingerprint density at radius 3 is 2.93 bits per heavy atom. The molecule has 2 heterocycles. The third-order valence-corrected chi connectivity index (χ3v) is 2.51. The van der Waals surface area contributed by atoms with E-state index in [9.17, 15) is 0 Å². The standard InChI is InChI=1S/C11H12N2O2/c1-2-3-11-12-7-4-9-10(15-6-14-9)5-8(7)13-11/h4-5H,2-3,6H2,1H3,(H,12,13). The van der Waals surface area contributed by atoms with Crippen molar-refractivity contribution in [3.05, 3.63) is 18.0 Å². The van der Waals surface area contributed by atoms with Gasteiger partial charge in [-0.1, -0.05) is 6.92 Å². The van der Waals surface area contributed by atoms with Crippen LogP contribution in [-0.4, -0.2) is 16.8 Å². The summed E-state index contributed by atoms with van der Waals surface area (Å²) >= 11 is 0. The predicted molar refractivity (Wildman–Crippen MR) is 56.2 cm³/mol. The van der Waals surface area contributed by atoms with Crippen molar-refractivity contribution in [2.75, 3.05) is 6.79 Å². The van der Waals surface area contributed by atoms with E-state index in [2.05, 4.69) is 16.9 Å². The molecule has 78 valence electrons. The van der Waals surface area contributed by atoms with Crippen LogP contribution in [0.15, 0.2) is 12.1 Å². The summed E-state index contributed by atoms with van der Waals surface area (Å²) < 4.78 is 10.6. The van der Waals surface area contributed by atoms with Gasteiger partial charge in [-0.2, -0.15) is 0 Å². The number of rotatable bonds is 2. The molecule has 4 nitrogen and oxygen atoms in total. The van der Waals surface area contributed by atoms with Gasteiger partial charge < -0.3 is 14.5 Å². The highest BCUT2D eigenvalue weighted by molar-refractivity contribution is 5.80. The highest BCUT2D eigenvalue weighted by atomic mass is 16.7. The fraction of sp³-hybridized carbons (Fsp3) is 0.364. The number of aryl methyl sites for hydroxylation is 1. The predicted octanol–water partition coefficient (Wildman–Crippen LogP) is 2.24. The van der Waals surface area contributed by atoms with Gasteiger partial charge in [0, 0.05) is 18.6 Å². The molecule has 0 aliphatic carbocycles. The number of hydrogen-bond donors (Lipinski definition) is 1. The van der Waals surface area contributed by atoms with Crippen LogP contribution in [0.1, 0.15) is 19.2 Å². The first-order valence-corrected chi connectivity index (χ1v) is 5.15. The lowest BCUT2D eigenvalue weighted by molar-refractivity contribution is 0.174. The first-order valence-electron chi connectivity index (χ1n) is 5.15. The maximum atomic E-state index is 5.31. The van der Waals surface area contributed by atoms with Crippen LogP contribution in [0.5, 0.6) is 11.5 Å². The van der Waals surface area contributed by atoms with Gasteiger partial charge >= 0.3 is 0 Å². The summed E-state index contributed by atoms with van der Waals surface area (Å²) in [5, 5.41) is 0. The lowest BCUT2D eigenvalue weighted by atomic mass is 10.3. The molecule has 1 aromatic heterocycles. The first kappa shape index (κ1) is 8.59. The van der Waals surface area contributed by atoms with Crippen molar-refractivity contribution < 1.29 is 9.47 Å². The van der Waals surface area contributed by atoms with Gasteiger partial charge in [0.25, 0.3) is 0 Å². The van der Waals surface area contributed by atoms with Crippen LogP contribution in [0.4, 0.5) is 0 Å². The van der Waals surface area contributed by atoms with Gasteiger partial charge in [-0.15, -0.1) is 0 Å². The van der Waals surface area contributed by atoms with E-state index >= 15 is 0 Å². The Morgan fingerprint density at radius 2 is 2.13 bits per heavy atom. The average Bonchev–Trinajstić information content (AvgIpc) is 2.78. The Hall–Kier alpha value is -1.71. The molecule has 15 heavy (non-hydrogen) atoms. The molecule has 0 amide bonds. The minimum Gasteiger partial charge on any atom is -0.454 e. The van der Waals surface area contributed by atoms with Crippen molar-refractivity contribution in [3.63, 3.8) is 0 Å². The van der Waals surface area contributed by atoms with E-state index in [1.165, 1.54) is 0 Å². The Morgan fingerprint density at radius 1 is 1.33 bits per heavy atom. The Labute approximate surface area is 87.2 Å². The summed E-state index contributed by atoms with van der Waals surface area (Å²) in [6.45, 7) is 2.45. The molecule has 0 fully saturated rings. The normalized spacial score (nSPS) is 13.7. The lowest BCUT2D eigenvalue weighted by Crippen LogP contribution is -1.93. The molecule has 3 rings (SSSR count). The number of imidazole rings is 1. The zero-order valence-corrected chi connectivity index (χ0v) is 8.54. The molecule has 0 radical (unpaired) electrons. The van der Waals surface area contributed by atoms with Crippen LogP contribution < -0.4 is 9.47 Å². The van der Waals surface area contributed by atoms with E-state index in [-0.39, 0.29) is 0 Å². The molecule has 0 saturated heterocycles. The summed E-state index contributed by atoms with van der Waals surface area (Å²) in [6.07, 6.45) is 2.06. The minimum atomic E-state index is 0.309. The summed E-state index contributed by atoms with van der Waals surface area (Å²) in [5.74, 6) is 2.61. The average molecular weight is 204 g/mol. The largest absolute Gasteiger partial charge is 0.454 e. The molecule has 4 heteroatoms. The highest BCUT2D eigenvalue weighted by Gasteiger charge is 2.15. The van der Waals surface area contributed by atoms with E-state index in [1.807, 2.05) is 12.1 Å². The fourth-order valence-electron chi connectivity index (χ4n) is 1.81. The topological polar surface area (TPSA) is 47.1 Å². The van der Waals surface area contributed by atoms with Crippen LogP contribution in [0.2, 0.25) is 0 Å². The molecule has 1 N–H and O–H groups in total. The Balaban J connectivity index is 2.12. The molecular weight excluding hydrogens is 192 g/mol. The van der Waals surface area contributed by atoms with E-state index < -0.39 is 0 Å². The van der Waals surface area contributed by atoms with Crippen molar-refractivity contribution in [2.45, 2.75) is 19.8 Å². The first-order chi connectivity index (χ1) is 7.36. The highest BCUT2D eigenvalue weighted by Crippen LogP contribution is 2.35. The zero-order valence-electron chi connectivity index (χ0n) is 8.54. The van der Waals surface area contributed by atoms with Crippen molar-refractivity contribution in [1.82, 2.24) is 9.97 Å². The third-order valence-electron chi connectivity index (χ3n) is 2.51. The molecule has 1 aromatic carbocycles. The number of aromatic nitrogens is 2. The van der Waals surface area contributed by atoms with Gasteiger partial charge in [0.2, 0.25) is 6.79 Å². The van der Waals surface area contributed by atoms with Crippen LogP contribution in [-0.2, 0) is 6.42 Å². The number of nitrogens with one attached hydrogen (secondary N) is 1. The van der Waals surface area contributed by atoms with E-state index in [0.717, 1.165) is 41.2 Å². The van der Waals surface area contributed by atoms with Crippen molar-refractivity contribution in [2.24, 2.45) is 0 Å². The zero-order chi connectivity index (χ0) is 10.3.